The summed E-state index contributed by atoms with van der Waals surface area (Å²) < 4.78 is 0. The van der Waals surface area contributed by atoms with E-state index in [9.17, 15) is 4.79 Å². The average Bonchev–Trinajstić information content (AvgIpc) is 2.47. The Labute approximate surface area is 133 Å². The standard InChI is InChI=1S/C16H27N5O/c1-11(2)20-16(22)21(12(3)4)18-15(17-20)13-7-9-14(10-8-13)19(5)6/h7-12,15,17-18H,1-6H3. The molecule has 1 fully saturated rings. The van der Waals surface area contributed by atoms with Gasteiger partial charge in [0.05, 0.1) is 0 Å². The SMILES string of the molecule is CC(C)N1NC(c2ccc(N(C)C)cc2)NN(C(C)C)C1=O. The van der Waals surface area contributed by atoms with Crippen LogP contribution in [0.3, 0.4) is 0 Å². The molecule has 0 saturated carbocycles. The second-order valence-corrected chi connectivity index (χ2v) is 6.39. The number of anilines is 1. The van der Waals surface area contributed by atoms with Crippen LogP contribution in [0.5, 0.6) is 0 Å². The highest BCUT2D eigenvalue weighted by Gasteiger charge is 2.34. The van der Waals surface area contributed by atoms with Gasteiger partial charge in [-0.15, -0.1) is 0 Å². The molecule has 0 bridgehead atoms. The van der Waals surface area contributed by atoms with Gasteiger partial charge in [-0.05, 0) is 45.4 Å². The van der Waals surface area contributed by atoms with Crippen molar-refractivity contribution in [2.75, 3.05) is 19.0 Å². The monoisotopic (exact) mass is 305 g/mol. The van der Waals surface area contributed by atoms with Gasteiger partial charge in [0.1, 0.15) is 6.17 Å². The lowest BCUT2D eigenvalue weighted by molar-refractivity contribution is 0.00380. The normalized spacial score (nSPS) is 16.8. The topological polar surface area (TPSA) is 50.9 Å². The van der Waals surface area contributed by atoms with Crippen LogP contribution in [0.15, 0.2) is 24.3 Å². The number of hydrogen-bond donors (Lipinski definition) is 2. The van der Waals surface area contributed by atoms with E-state index in [0.717, 1.165) is 11.3 Å². The Morgan fingerprint density at radius 2 is 1.41 bits per heavy atom. The first kappa shape index (κ1) is 16.6. The number of hydrogen-bond acceptors (Lipinski definition) is 4. The summed E-state index contributed by atoms with van der Waals surface area (Å²) in [6.45, 7) is 8.00. The molecule has 1 heterocycles. The Kier molecular flexibility index (Phi) is 4.93. The first-order valence-corrected chi connectivity index (χ1v) is 7.73. The molecule has 1 saturated heterocycles. The molecule has 6 nitrogen and oxygen atoms in total. The molecular formula is C16H27N5O. The molecule has 1 aliphatic rings. The molecule has 0 unspecified atom stereocenters. The Morgan fingerprint density at radius 3 is 1.77 bits per heavy atom. The van der Waals surface area contributed by atoms with Crippen molar-refractivity contribution in [3.05, 3.63) is 29.8 Å². The summed E-state index contributed by atoms with van der Waals surface area (Å²) in [6, 6.07) is 8.42. The van der Waals surface area contributed by atoms with Gasteiger partial charge in [-0.1, -0.05) is 12.1 Å². The van der Waals surface area contributed by atoms with Crippen LogP contribution >= 0.6 is 0 Å². The summed E-state index contributed by atoms with van der Waals surface area (Å²) in [5.74, 6) is 0. The average molecular weight is 305 g/mol. The minimum Gasteiger partial charge on any atom is -0.378 e. The van der Waals surface area contributed by atoms with Crippen LogP contribution in [0.2, 0.25) is 0 Å². The van der Waals surface area contributed by atoms with Crippen molar-refractivity contribution >= 4 is 11.7 Å². The van der Waals surface area contributed by atoms with Crippen LogP contribution in [-0.2, 0) is 0 Å². The maximum atomic E-state index is 12.4. The van der Waals surface area contributed by atoms with Crippen LogP contribution in [0.4, 0.5) is 10.5 Å². The number of nitrogens with zero attached hydrogens (tertiary/aromatic N) is 3. The summed E-state index contributed by atoms with van der Waals surface area (Å²) in [5, 5.41) is 3.36. The molecule has 0 aliphatic carbocycles. The number of urea groups is 1. The van der Waals surface area contributed by atoms with E-state index in [0.29, 0.717) is 0 Å². The summed E-state index contributed by atoms with van der Waals surface area (Å²) in [4.78, 5) is 14.5. The predicted molar refractivity (Wildman–Crippen MR) is 89.1 cm³/mol. The quantitative estimate of drug-likeness (QED) is 0.896. The molecule has 6 heteroatoms. The minimum absolute atomic E-state index is 0.0499. The van der Waals surface area contributed by atoms with Crippen molar-refractivity contribution in [2.45, 2.75) is 45.9 Å². The first-order chi connectivity index (χ1) is 10.3. The molecule has 1 aromatic rings. The van der Waals surface area contributed by atoms with Crippen molar-refractivity contribution in [1.29, 1.82) is 0 Å². The molecule has 1 aromatic carbocycles. The fraction of sp³-hybridized carbons (Fsp3) is 0.562. The summed E-state index contributed by atoms with van der Waals surface area (Å²) in [5.41, 5.74) is 8.78. The van der Waals surface area contributed by atoms with E-state index in [1.807, 2.05) is 41.8 Å². The molecule has 0 atom stereocenters. The maximum Gasteiger partial charge on any atom is 0.349 e. The molecule has 0 radical (unpaired) electrons. The number of benzene rings is 1. The first-order valence-electron chi connectivity index (χ1n) is 7.73. The summed E-state index contributed by atoms with van der Waals surface area (Å²) >= 11 is 0. The van der Waals surface area contributed by atoms with Crippen molar-refractivity contribution in [3.8, 4) is 0 Å². The predicted octanol–water partition coefficient (Wildman–Crippen LogP) is 2.31. The molecule has 2 amide bonds. The van der Waals surface area contributed by atoms with Gasteiger partial charge in [-0.2, -0.15) is 0 Å². The Balaban J connectivity index is 2.24. The zero-order valence-electron chi connectivity index (χ0n) is 14.3. The van der Waals surface area contributed by atoms with Gasteiger partial charge in [0.2, 0.25) is 0 Å². The lowest BCUT2D eigenvalue weighted by Gasteiger charge is -2.44. The van der Waals surface area contributed by atoms with E-state index >= 15 is 0 Å². The molecule has 0 aromatic heterocycles. The van der Waals surface area contributed by atoms with Crippen molar-refractivity contribution in [2.24, 2.45) is 0 Å². The molecule has 1 aliphatic heterocycles. The number of hydrazine groups is 2. The smallest absolute Gasteiger partial charge is 0.349 e. The van der Waals surface area contributed by atoms with E-state index in [1.54, 1.807) is 10.0 Å². The second kappa shape index (κ2) is 6.54. The summed E-state index contributed by atoms with van der Waals surface area (Å²) in [7, 11) is 4.04. The van der Waals surface area contributed by atoms with Crippen LogP contribution in [0, 0.1) is 0 Å². The van der Waals surface area contributed by atoms with Gasteiger partial charge in [0.25, 0.3) is 0 Å². The number of carbonyl (C=O) groups excluding carboxylic acids is 1. The largest absolute Gasteiger partial charge is 0.378 e. The third-order valence-electron chi connectivity index (χ3n) is 3.72. The second-order valence-electron chi connectivity index (χ2n) is 6.39. The lowest BCUT2D eigenvalue weighted by atomic mass is 10.1. The van der Waals surface area contributed by atoms with Gasteiger partial charge in [-0.25, -0.2) is 15.6 Å². The highest BCUT2D eigenvalue weighted by molar-refractivity contribution is 5.74. The van der Waals surface area contributed by atoms with E-state index in [4.69, 9.17) is 0 Å². The number of rotatable bonds is 4. The number of carbonyl (C=O) groups is 1. The van der Waals surface area contributed by atoms with Gasteiger partial charge < -0.3 is 4.90 Å². The van der Waals surface area contributed by atoms with Crippen LogP contribution in [-0.4, -0.2) is 42.2 Å². The zero-order valence-corrected chi connectivity index (χ0v) is 14.3. The summed E-state index contributed by atoms with van der Waals surface area (Å²) in [6.07, 6.45) is -0.126. The lowest BCUT2D eigenvalue weighted by Crippen LogP contribution is -2.67. The molecule has 22 heavy (non-hydrogen) atoms. The Hall–Kier alpha value is -1.79. The Bertz CT molecular complexity index is 492. The van der Waals surface area contributed by atoms with Crippen LogP contribution in [0.25, 0.3) is 0 Å². The molecular weight excluding hydrogens is 278 g/mol. The van der Waals surface area contributed by atoms with E-state index in [2.05, 4.69) is 40.0 Å². The Morgan fingerprint density at radius 1 is 0.955 bits per heavy atom. The van der Waals surface area contributed by atoms with E-state index in [-0.39, 0.29) is 24.3 Å². The van der Waals surface area contributed by atoms with E-state index in [1.165, 1.54) is 0 Å². The van der Waals surface area contributed by atoms with Gasteiger partial charge in [0, 0.05) is 31.9 Å². The molecule has 2 N–H and O–H groups in total. The number of nitrogens with one attached hydrogen (secondary N) is 2. The van der Waals surface area contributed by atoms with Crippen molar-refractivity contribution in [1.82, 2.24) is 20.9 Å². The van der Waals surface area contributed by atoms with Gasteiger partial charge >= 0.3 is 6.03 Å². The maximum absolute atomic E-state index is 12.4. The molecule has 2 rings (SSSR count). The highest BCUT2D eigenvalue weighted by atomic mass is 16.2. The molecule has 0 spiro atoms. The zero-order chi connectivity index (χ0) is 16.4. The van der Waals surface area contributed by atoms with Crippen molar-refractivity contribution in [3.63, 3.8) is 0 Å². The third kappa shape index (κ3) is 3.34. The van der Waals surface area contributed by atoms with Crippen LogP contribution in [0.1, 0.15) is 39.4 Å². The van der Waals surface area contributed by atoms with Crippen LogP contribution < -0.4 is 15.8 Å². The fourth-order valence-electron chi connectivity index (χ4n) is 2.39. The minimum atomic E-state index is -0.126. The highest BCUT2D eigenvalue weighted by Crippen LogP contribution is 2.21. The molecule has 122 valence electrons. The number of amides is 2. The van der Waals surface area contributed by atoms with E-state index < -0.39 is 0 Å². The van der Waals surface area contributed by atoms with Gasteiger partial charge in [-0.3, -0.25) is 10.0 Å². The fourth-order valence-corrected chi connectivity index (χ4v) is 2.39. The third-order valence-corrected chi connectivity index (χ3v) is 3.72. The van der Waals surface area contributed by atoms with Gasteiger partial charge in [0.15, 0.2) is 0 Å². The van der Waals surface area contributed by atoms with Crippen molar-refractivity contribution < 1.29 is 4.79 Å².